The Morgan fingerprint density at radius 1 is 1.39 bits per heavy atom. The molecule has 3 heteroatoms. The molecule has 0 radical (unpaired) electrons. The summed E-state index contributed by atoms with van der Waals surface area (Å²) in [6, 6.07) is 6.78. The summed E-state index contributed by atoms with van der Waals surface area (Å²) in [5.74, 6) is 0.406. The van der Waals surface area contributed by atoms with Gasteiger partial charge in [-0.05, 0) is 49.9 Å². The third kappa shape index (κ3) is 2.12. The Morgan fingerprint density at radius 3 is 2.50 bits per heavy atom. The highest BCUT2D eigenvalue weighted by Gasteiger charge is 2.43. The van der Waals surface area contributed by atoms with E-state index in [4.69, 9.17) is 5.73 Å². The first-order valence-electron chi connectivity index (χ1n) is 6.87. The molecule has 2 rings (SSSR count). The summed E-state index contributed by atoms with van der Waals surface area (Å²) in [7, 11) is 0. The van der Waals surface area contributed by atoms with E-state index in [0.717, 1.165) is 18.7 Å². The van der Waals surface area contributed by atoms with Crippen LogP contribution in [0.3, 0.4) is 0 Å². The van der Waals surface area contributed by atoms with Gasteiger partial charge in [0.2, 0.25) is 0 Å². The zero-order chi connectivity index (χ0) is 13.2. The SMILES string of the molecule is CCN(c1ccc(F)cc1)C1(CN)CCCC1C. The van der Waals surface area contributed by atoms with Gasteiger partial charge in [-0.2, -0.15) is 0 Å². The average molecular weight is 250 g/mol. The van der Waals surface area contributed by atoms with Gasteiger partial charge in [-0.15, -0.1) is 0 Å². The second kappa shape index (κ2) is 5.27. The Bertz CT molecular complexity index is 390. The zero-order valence-electron chi connectivity index (χ0n) is 11.3. The summed E-state index contributed by atoms with van der Waals surface area (Å²) < 4.78 is 13.0. The predicted molar refractivity (Wildman–Crippen MR) is 74.2 cm³/mol. The van der Waals surface area contributed by atoms with Crippen molar-refractivity contribution in [3.63, 3.8) is 0 Å². The number of anilines is 1. The summed E-state index contributed by atoms with van der Waals surface area (Å²) in [5, 5.41) is 0. The van der Waals surface area contributed by atoms with Crippen LogP contribution < -0.4 is 10.6 Å². The molecule has 100 valence electrons. The van der Waals surface area contributed by atoms with Gasteiger partial charge in [0.25, 0.3) is 0 Å². The molecule has 1 aromatic carbocycles. The van der Waals surface area contributed by atoms with Crippen molar-refractivity contribution in [1.82, 2.24) is 0 Å². The fourth-order valence-corrected chi connectivity index (χ4v) is 3.42. The molecular weight excluding hydrogens is 227 g/mol. The monoisotopic (exact) mass is 250 g/mol. The third-order valence-corrected chi connectivity index (χ3v) is 4.51. The number of nitrogens with two attached hydrogens (primary N) is 1. The van der Waals surface area contributed by atoms with Crippen molar-refractivity contribution in [3.05, 3.63) is 30.1 Å². The Kier molecular flexibility index (Phi) is 3.91. The maximum atomic E-state index is 13.0. The van der Waals surface area contributed by atoms with Crippen LogP contribution in [0.5, 0.6) is 0 Å². The van der Waals surface area contributed by atoms with Crippen molar-refractivity contribution in [2.75, 3.05) is 18.0 Å². The van der Waals surface area contributed by atoms with E-state index >= 15 is 0 Å². The van der Waals surface area contributed by atoms with Gasteiger partial charge in [-0.1, -0.05) is 13.3 Å². The fraction of sp³-hybridized carbons (Fsp3) is 0.600. The molecule has 2 N–H and O–H groups in total. The number of hydrogen-bond donors (Lipinski definition) is 1. The van der Waals surface area contributed by atoms with Crippen molar-refractivity contribution >= 4 is 5.69 Å². The Hall–Kier alpha value is -1.09. The predicted octanol–water partition coefficient (Wildman–Crippen LogP) is 3.17. The van der Waals surface area contributed by atoms with E-state index < -0.39 is 0 Å². The van der Waals surface area contributed by atoms with Crippen LogP contribution in [0.25, 0.3) is 0 Å². The molecule has 0 saturated heterocycles. The number of hydrogen-bond acceptors (Lipinski definition) is 2. The quantitative estimate of drug-likeness (QED) is 0.889. The molecule has 0 amide bonds. The molecule has 0 aliphatic heterocycles. The average Bonchev–Trinajstić information content (AvgIpc) is 2.75. The molecule has 0 heterocycles. The lowest BCUT2D eigenvalue weighted by Gasteiger charge is -2.45. The van der Waals surface area contributed by atoms with Crippen molar-refractivity contribution in [2.45, 2.75) is 38.6 Å². The third-order valence-electron chi connectivity index (χ3n) is 4.51. The van der Waals surface area contributed by atoms with Gasteiger partial charge >= 0.3 is 0 Å². The first-order valence-corrected chi connectivity index (χ1v) is 6.87. The van der Waals surface area contributed by atoms with Crippen LogP contribution in [0.2, 0.25) is 0 Å². The van der Waals surface area contributed by atoms with Gasteiger partial charge in [0.05, 0.1) is 5.54 Å². The lowest BCUT2D eigenvalue weighted by Crippen LogP contribution is -2.56. The van der Waals surface area contributed by atoms with Crippen LogP contribution in [0.15, 0.2) is 24.3 Å². The Balaban J connectivity index is 2.34. The molecule has 0 aromatic heterocycles. The van der Waals surface area contributed by atoms with Crippen molar-refractivity contribution in [1.29, 1.82) is 0 Å². The highest BCUT2D eigenvalue weighted by molar-refractivity contribution is 5.50. The number of halogens is 1. The molecule has 1 aliphatic rings. The second-order valence-corrected chi connectivity index (χ2v) is 5.32. The van der Waals surface area contributed by atoms with E-state index in [1.807, 2.05) is 12.1 Å². The minimum Gasteiger partial charge on any atom is -0.365 e. The maximum absolute atomic E-state index is 13.0. The minimum absolute atomic E-state index is 0.0482. The molecule has 0 bridgehead atoms. The van der Waals surface area contributed by atoms with E-state index in [1.165, 1.54) is 25.0 Å². The maximum Gasteiger partial charge on any atom is 0.123 e. The van der Waals surface area contributed by atoms with Crippen LogP contribution in [0, 0.1) is 11.7 Å². The van der Waals surface area contributed by atoms with E-state index in [9.17, 15) is 4.39 Å². The molecule has 2 nitrogen and oxygen atoms in total. The number of rotatable bonds is 4. The molecule has 2 atom stereocenters. The molecular formula is C15H23FN2. The highest BCUT2D eigenvalue weighted by Crippen LogP contribution is 2.41. The van der Waals surface area contributed by atoms with Gasteiger partial charge in [-0.25, -0.2) is 4.39 Å². The van der Waals surface area contributed by atoms with E-state index in [0.29, 0.717) is 12.5 Å². The van der Waals surface area contributed by atoms with E-state index in [-0.39, 0.29) is 11.4 Å². The smallest absolute Gasteiger partial charge is 0.123 e. The first kappa shape index (κ1) is 13.3. The molecule has 1 fully saturated rings. The lowest BCUT2D eigenvalue weighted by molar-refractivity contribution is 0.321. The number of likely N-dealkylation sites (N-methyl/N-ethyl adjacent to an activating group) is 1. The summed E-state index contributed by atoms with van der Waals surface area (Å²) >= 11 is 0. The van der Waals surface area contributed by atoms with Gasteiger partial charge < -0.3 is 10.6 Å². The van der Waals surface area contributed by atoms with Crippen LogP contribution in [-0.4, -0.2) is 18.6 Å². The topological polar surface area (TPSA) is 29.3 Å². The van der Waals surface area contributed by atoms with Crippen molar-refractivity contribution in [3.8, 4) is 0 Å². The van der Waals surface area contributed by atoms with Gasteiger partial charge in [0.15, 0.2) is 0 Å². The van der Waals surface area contributed by atoms with Crippen LogP contribution >= 0.6 is 0 Å². The lowest BCUT2D eigenvalue weighted by atomic mass is 9.85. The fourth-order valence-electron chi connectivity index (χ4n) is 3.42. The van der Waals surface area contributed by atoms with Crippen LogP contribution in [0.1, 0.15) is 33.1 Å². The van der Waals surface area contributed by atoms with Crippen LogP contribution in [0.4, 0.5) is 10.1 Å². The Labute approximate surface area is 109 Å². The summed E-state index contributed by atoms with van der Waals surface area (Å²) in [6.45, 7) is 6.00. The summed E-state index contributed by atoms with van der Waals surface area (Å²) in [4.78, 5) is 2.37. The summed E-state index contributed by atoms with van der Waals surface area (Å²) in [5.41, 5.74) is 7.22. The molecule has 1 aliphatic carbocycles. The first-order chi connectivity index (χ1) is 8.64. The molecule has 2 unspecified atom stereocenters. The summed E-state index contributed by atoms with van der Waals surface area (Å²) in [6.07, 6.45) is 3.60. The standard InChI is InChI=1S/C15H23FN2/c1-3-18(14-8-6-13(16)7-9-14)15(11-17)10-4-5-12(15)2/h6-9,12H,3-5,10-11,17H2,1-2H3. The Morgan fingerprint density at radius 2 is 2.06 bits per heavy atom. The second-order valence-electron chi connectivity index (χ2n) is 5.32. The largest absolute Gasteiger partial charge is 0.365 e. The van der Waals surface area contributed by atoms with Crippen LogP contribution in [-0.2, 0) is 0 Å². The number of benzene rings is 1. The van der Waals surface area contributed by atoms with Gasteiger partial charge in [0, 0.05) is 18.8 Å². The molecule has 1 saturated carbocycles. The normalized spacial score (nSPS) is 27.4. The zero-order valence-corrected chi connectivity index (χ0v) is 11.3. The van der Waals surface area contributed by atoms with Gasteiger partial charge in [0.1, 0.15) is 5.82 Å². The highest BCUT2D eigenvalue weighted by atomic mass is 19.1. The van der Waals surface area contributed by atoms with E-state index in [1.54, 1.807) is 0 Å². The van der Waals surface area contributed by atoms with E-state index in [2.05, 4.69) is 18.7 Å². The molecule has 1 aromatic rings. The molecule has 0 spiro atoms. The van der Waals surface area contributed by atoms with Gasteiger partial charge in [-0.3, -0.25) is 0 Å². The van der Waals surface area contributed by atoms with Crippen molar-refractivity contribution in [2.24, 2.45) is 11.7 Å². The van der Waals surface area contributed by atoms with Crippen molar-refractivity contribution < 1.29 is 4.39 Å². The minimum atomic E-state index is -0.184. The molecule has 18 heavy (non-hydrogen) atoms. The number of nitrogens with zero attached hydrogens (tertiary/aromatic N) is 1.